The van der Waals surface area contributed by atoms with Crippen molar-refractivity contribution in [2.24, 2.45) is 17.8 Å². The van der Waals surface area contributed by atoms with Crippen molar-refractivity contribution in [2.45, 2.75) is 112 Å². The average molecular weight is 413 g/mol. The molecule has 0 heterocycles. The van der Waals surface area contributed by atoms with Crippen molar-refractivity contribution in [3.63, 3.8) is 0 Å². The molecule has 0 nitrogen and oxygen atoms in total. The first-order valence-corrected chi connectivity index (χ1v) is 12.7. The molecule has 1 aliphatic rings. The lowest BCUT2D eigenvalue weighted by Gasteiger charge is -2.28. The lowest BCUT2D eigenvalue weighted by molar-refractivity contribution is 0.237. The summed E-state index contributed by atoms with van der Waals surface area (Å²) in [5, 5.41) is 0. The van der Waals surface area contributed by atoms with Gasteiger partial charge in [-0.15, -0.1) is 6.58 Å². The number of allylic oxidation sites excluding steroid dienone is 2. The van der Waals surface area contributed by atoms with E-state index in [-0.39, 0.29) is 0 Å². The normalized spacial score (nSPS) is 18.8. The monoisotopic (exact) mass is 412 g/mol. The molecule has 0 bridgehead atoms. The van der Waals surface area contributed by atoms with E-state index in [1.165, 1.54) is 88.2 Å². The van der Waals surface area contributed by atoms with Gasteiger partial charge in [0, 0.05) is 0 Å². The Labute approximate surface area is 190 Å². The number of hydrogen-bond donors (Lipinski definition) is 0. The summed E-state index contributed by atoms with van der Waals surface area (Å²) in [6.45, 7) is 18.4. The van der Waals surface area contributed by atoms with Gasteiger partial charge in [-0.05, 0) is 56.4 Å². The van der Waals surface area contributed by atoms with Gasteiger partial charge in [-0.1, -0.05) is 127 Å². The molecular formula is C30H52. The zero-order valence-electron chi connectivity index (χ0n) is 21.1. The van der Waals surface area contributed by atoms with Crippen LogP contribution in [-0.2, 0) is 6.42 Å². The van der Waals surface area contributed by atoms with Gasteiger partial charge in [0.1, 0.15) is 0 Å². The zero-order valence-corrected chi connectivity index (χ0v) is 21.1. The van der Waals surface area contributed by atoms with E-state index < -0.39 is 0 Å². The van der Waals surface area contributed by atoms with Crippen LogP contribution in [0.15, 0.2) is 55.1 Å². The van der Waals surface area contributed by atoms with Gasteiger partial charge in [0.15, 0.2) is 0 Å². The maximum atomic E-state index is 4.00. The highest BCUT2D eigenvalue weighted by molar-refractivity contribution is 5.14. The molecule has 0 N–H and O–H groups in total. The molecule has 3 atom stereocenters. The second-order valence-electron chi connectivity index (χ2n) is 9.40. The van der Waals surface area contributed by atoms with Crippen LogP contribution >= 0.6 is 0 Å². The van der Waals surface area contributed by atoms with Gasteiger partial charge in [0.05, 0.1) is 0 Å². The Morgan fingerprint density at radius 2 is 1.70 bits per heavy atom. The zero-order chi connectivity index (χ0) is 22.6. The topological polar surface area (TPSA) is 0 Å². The Kier molecular flexibility index (Phi) is 18.8. The largest absolute Gasteiger partial charge is 0.103 e. The lowest BCUT2D eigenvalue weighted by Crippen LogP contribution is -2.16. The standard InChI is InChI=1S/C16H24.C11H22.C3H6/c1-14(2)15(3)10-6-4-7-11-16-12-8-5-9-13-16;1-3-4-8-11-9-6-5-7-10(11)2;1-3-2/h5,8-9,12-13,15H,1,4,6-7,10-11H2,2-3H3;10-11H,3-9H2,1-2H3;3H,1H2,2H3. The highest BCUT2D eigenvalue weighted by Gasteiger charge is 2.19. The molecule has 0 saturated heterocycles. The van der Waals surface area contributed by atoms with Crippen molar-refractivity contribution in [1.29, 1.82) is 0 Å². The van der Waals surface area contributed by atoms with Crippen molar-refractivity contribution in [2.75, 3.05) is 0 Å². The maximum absolute atomic E-state index is 4.00. The van der Waals surface area contributed by atoms with E-state index in [1.807, 2.05) is 6.92 Å². The molecule has 1 aromatic carbocycles. The molecule has 2 rings (SSSR count). The van der Waals surface area contributed by atoms with Crippen molar-refractivity contribution < 1.29 is 0 Å². The summed E-state index contributed by atoms with van der Waals surface area (Å²) >= 11 is 0. The van der Waals surface area contributed by atoms with E-state index in [2.05, 4.69) is 71.2 Å². The third-order valence-electron chi connectivity index (χ3n) is 6.50. The second kappa shape index (κ2) is 19.7. The minimum absolute atomic E-state index is 0.691. The van der Waals surface area contributed by atoms with Gasteiger partial charge in [0.2, 0.25) is 0 Å². The van der Waals surface area contributed by atoms with Crippen molar-refractivity contribution in [3.8, 4) is 0 Å². The first-order chi connectivity index (χ1) is 14.5. The van der Waals surface area contributed by atoms with E-state index in [0.29, 0.717) is 5.92 Å². The number of unbranched alkanes of at least 4 members (excludes halogenated alkanes) is 3. The maximum Gasteiger partial charge on any atom is -0.0237 e. The molecule has 0 aromatic heterocycles. The van der Waals surface area contributed by atoms with Gasteiger partial charge in [-0.3, -0.25) is 0 Å². The van der Waals surface area contributed by atoms with Gasteiger partial charge < -0.3 is 0 Å². The van der Waals surface area contributed by atoms with Crippen molar-refractivity contribution in [3.05, 3.63) is 60.7 Å². The Balaban J connectivity index is 0.000000521. The first kappa shape index (κ1) is 28.7. The highest BCUT2D eigenvalue weighted by atomic mass is 14.3. The average Bonchev–Trinajstić information content (AvgIpc) is 2.74. The number of aryl methyl sites for hydroxylation is 1. The SMILES string of the molecule is C=C(C)C(C)CCCCCc1ccccc1.C=CC.CCCCC1CCCCC1C. The van der Waals surface area contributed by atoms with E-state index >= 15 is 0 Å². The molecule has 0 radical (unpaired) electrons. The van der Waals surface area contributed by atoms with Crippen LogP contribution in [0.1, 0.15) is 111 Å². The molecule has 0 amide bonds. The molecule has 0 spiro atoms. The van der Waals surface area contributed by atoms with E-state index in [0.717, 1.165) is 11.8 Å². The summed E-state index contributed by atoms with van der Waals surface area (Å²) in [6, 6.07) is 10.8. The van der Waals surface area contributed by atoms with Crippen LogP contribution in [0.2, 0.25) is 0 Å². The second-order valence-corrected chi connectivity index (χ2v) is 9.40. The smallest absolute Gasteiger partial charge is 0.0237 e. The van der Waals surface area contributed by atoms with Crippen LogP contribution in [0.4, 0.5) is 0 Å². The third-order valence-corrected chi connectivity index (χ3v) is 6.50. The third kappa shape index (κ3) is 15.5. The van der Waals surface area contributed by atoms with E-state index in [9.17, 15) is 0 Å². The first-order valence-electron chi connectivity index (χ1n) is 12.7. The van der Waals surface area contributed by atoms with Gasteiger partial charge in [-0.25, -0.2) is 0 Å². The van der Waals surface area contributed by atoms with Crippen LogP contribution in [0.25, 0.3) is 0 Å². The summed E-state index contributed by atoms with van der Waals surface area (Å²) in [4.78, 5) is 0. The molecular weight excluding hydrogens is 360 g/mol. The Morgan fingerprint density at radius 3 is 2.27 bits per heavy atom. The van der Waals surface area contributed by atoms with Crippen LogP contribution in [0.3, 0.4) is 0 Å². The van der Waals surface area contributed by atoms with Crippen LogP contribution in [0, 0.1) is 17.8 Å². The molecule has 1 saturated carbocycles. The van der Waals surface area contributed by atoms with Gasteiger partial charge in [-0.2, -0.15) is 0 Å². The quantitative estimate of drug-likeness (QED) is 0.265. The summed E-state index contributed by atoms with van der Waals surface area (Å²) < 4.78 is 0. The molecule has 30 heavy (non-hydrogen) atoms. The molecule has 172 valence electrons. The molecule has 0 heteroatoms. The van der Waals surface area contributed by atoms with Crippen molar-refractivity contribution >= 4 is 0 Å². The fraction of sp³-hybridized carbons (Fsp3) is 0.667. The van der Waals surface area contributed by atoms with E-state index in [4.69, 9.17) is 0 Å². The Morgan fingerprint density at radius 1 is 1.07 bits per heavy atom. The fourth-order valence-electron chi connectivity index (χ4n) is 4.14. The molecule has 1 aromatic rings. The fourth-order valence-corrected chi connectivity index (χ4v) is 4.14. The molecule has 1 fully saturated rings. The van der Waals surface area contributed by atoms with Crippen molar-refractivity contribution in [1.82, 2.24) is 0 Å². The summed E-state index contributed by atoms with van der Waals surface area (Å²) in [5.74, 6) is 2.79. The van der Waals surface area contributed by atoms with Gasteiger partial charge in [0.25, 0.3) is 0 Å². The predicted octanol–water partition coefficient (Wildman–Crippen LogP) is 10.2. The summed E-state index contributed by atoms with van der Waals surface area (Å²) in [7, 11) is 0. The minimum Gasteiger partial charge on any atom is -0.103 e. The number of benzene rings is 1. The summed E-state index contributed by atoms with van der Waals surface area (Å²) in [6.07, 6.45) is 18.6. The van der Waals surface area contributed by atoms with E-state index in [1.54, 1.807) is 6.08 Å². The number of rotatable bonds is 10. The van der Waals surface area contributed by atoms with Crippen LogP contribution in [0.5, 0.6) is 0 Å². The molecule has 0 aliphatic heterocycles. The Hall–Kier alpha value is -1.30. The summed E-state index contributed by atoms with van der Waals surface area (Å²) in [5.41, 5.74) is 2.79. The lowest BCUT2D eigenvalue weighted by atomic mass is 9.78. The van der Waals surface area contributed by atoms with Gasteiger partial charge >= 0.3 is 0 Å². The molecule has 3 unspecified atom stereocenters. The highest BCUT2D eigenvalue weighted by Crippen LogP contribution is 2.32. The predicted molar refractivity (Wildman–Crippen MR) is 139 cm³/mol. The van der Waals surface area contributed by atoms with Crippen LogP contribution in [-0.4, -0.2) is 0 Å². The minimum atomic E-state index is 0.691. The van der Waals surface area contributed by atoms with Crippen LogP contribution < -0.4 is 0 Å². The number of hydrogen-bond acceptors (Lipinski definition) is 0. The Bertz CT molecular complexity index is 512. The molecule has 1 aliphatic carbocycles.